The molecule has 20 heavy (non-hydrogen) atoms. The van der Waals surface area contributed by atoms with E-state index in [1.807, 2.05) is 31.6 Å². The first-order chi connectivity index (χ1) is 9.79. The molecule has 106 valence electrons. The summed E-state index contributed by atoms with van der Waals surface area (Å²) < 4.78 is 0. The normalized spacial score (nSPS) is 12.3. The SMILES string of the molecule is CCCNC(CCc1cccnc1)c1ccc(C)nc1. The van der Waals surface area contributed by atoms with Crippen LogP contribution in [0.15, 0.2) is 42.9 Å². The molecule has 2 aromatic heterocycles. The lowest BCUT2D eigenvalue weighted by molar-refractivity contribution is 0.497. The predicted molar refractivity (Wildman–Crippen MR) is 82.6 cm³/mol. The van der Waals surface area contributed by atoms with Gasteiger partial charge in [0.15, 0.2) is 0 Å². The van der Waals surface area contributed by atoms with E-state index in [0.29, 0.717) is 6.04 Å². The van der Waals surface area contributed by atoms with Crippen molar-refractivity contribution in [2.45, 2.75) is 39.2 Å². The third-order valence-electron chi connectivity index (χ3n) is 3.42. The first-order valence-corrected chi connectivity index (χ1v) is 7.34. The van der Waals surface area contributed by atoms with Crippen molar-refractivity contribution in [1.29, 1.82) is 0 Å². The number of nitrogens with zero attached hydrogens (tertiary/aromatic N) is 2. The Morgan fingerprint density at radius 3 is 2.75 bits per heavy atom. The highest BCUT2D eigenvalue weighted by molar-refractivity contribution is 5.18. The molecule has 0 saturated heterocycles. The average Bonchev–Trinajstić information content (AvgIpc) is 2.50. The fourth-order valence-corrected chi connectivity index (χ4v) is 2.25. The molecule has 2 heterocycles. The van der Waals surface area contributed by atoms with Crippen molar-refractivity contribution in [2.75, 3.05) is 6.54 Å². The summed E-state index contributed by atoms with van der Waals surface area (Å²) in [4.78, 5) is 8.59. The minimum Gasteiger partial charge on any atom is -0.310 e. The molecule has 2 aromatic rings. The Kier molecular flexibility index (Phi) is 5.69. The molecule has 3 nitrogen and oxygen atoms in total. The van der Waals surface area contributed by atoms with Crippen molar-refractivity contribution in [3.63, 3.8) is 0 Å². The Hall–Kier alpha value is -1.74. The summed E-state index contributed by atoms with van der Waals surface area (Å²) >= 11 is 0. The van der Waals surface area contributed by atoms with Crippen LogP contribution in [0.25, 0.3) is 0 Å². The van der Waals surface area contributed by atoms with Crippen LogP contribution in [0.1, 0.15) is 42.6 Å². The largest absolute Gasteiger partial charge is 0.310 e. The molecule has 3 heteroatoms. The van der Waals surface area contributed by atoms with Crippen molar-refractivity contribution in [1.82, 2.24) is 15.3 Å². The zero-order valence-corrected chi connectivity index (χ0v) is 12.3. The first-order valence-electron chi connectivity index (χ1n) is 7.34. The summed E-state index contributed by atoms with van der Waals surface area (Å²) in [6.07, 6.45) is 9.00. The van der Waals surface area contributed by atoms with Crippen LogP contribution < -0.4 is 5.32 Å². The third kappa shape index (κ3) is 4.42. The van der Waals surface area contributed by atoms with E-state index in [1.54, 1.807) is 0 Å². The zero-order chi connectivity index (χ0) is 14.2. The van der Waals surface area contributed by atoms with E-state index < -0.39 is 0 Å². The molecule has 1 N–H and O–H groups in total. The Balaban J connectivity index is 2.01. The summed E-state index contributed by atoms with van der Waals surface area (Å²) in [6, 6.07) is 8.76. The standard InChI is InChI=1S/C17H23N3/c1-3-10-19-17(16-8-6-14(2)20-13-16)9-7-15-5-4-11-18-12-15/h4-6,8,11-13,17,19H,3,7,9-10H2,1-2H3. The molecule has 1 unspecified atom stereocenters. The molecule has 1 atom stereocenters. The lowest BCUT2D eigenvalue weighted by Crippen LogP contribution is -2.23. The zero-order valence-electron chi connectivity index (χ0n) is 12.3. The molecule has 0 spiro atoms. The Labute approximate surface area is 121 Å². The van der Waals surface area contributed by atoms with Crippen LogP contribution in [0.5, 0.6) is 0 Å². The van der Waals surface area contributed by atoms with Gasteiger partial charge in [0.05, 0.1) is 0 Å². The molecular formula is C17H23N3. The van der Waals surface area contributed by atoms with Gasteiger partial charge in [0, 0.05) is 30.3 Å². The molecule has 0 radical (unpaired) electrons. The van der Waals surface area contributed by atoms with Gasteiger partial charge in [-0.25, -0.2) is 0 Å². The Bertz CT molecular complexity index is 493. The van der Waals surface area contributed by atoms with Gasteiger partial charge in [-0.1, -0.05) is 19.1 Å². The maximum Gasteiger partial charge on any atom is 0.0372 e. The van der Waals surface area contributed by atoms with Gasteiger partial charge in [0.2, 0.25) is 0 Å². The van der Waals surface area contributed by atoms with E-state index >= 15 is 0 Å². The van der Waals surface area contributed by atoms with E-state index in [-0.39, 0.29) is 0 Å². The highest BCUT2D eigenvalue weighted by atomic mass is 14.9. The minimum absolute atomic E-state index is 0.364. The van der Waals surface area contributed by atoms with Crippen LogP contribution in [0.4, 0.5) is 0 Å². The van der Waals surface area contributed by atoms with Crippen LogP contribution in [0, 0.1) is 6.92 Å². The van der Waals surface area contributed by atoms with Gasteiger partial charge in [-0.3, -0.25) is 9.97 Å². The first kappa shape index (κ1) is 14.7. The second-order valence-corrected chi connectivity index (χ2v) is 5.14. The predicted octanol–water partition coefficient (Wildman–Crippen LogP) is 3.46. The lowest BCUT2D eigenvalue weighted by Gasteiger charge is -2.19. The van der Waals surface area contributed by atoms with Gasteiger partial charge in [-0.05, 0) is 56.0 Å². The van der Waals surface area contributed by atoms with Gasteiger partial charge >= 0.3 is 0 Å². The van der Waals surface area contributed by atoms with E-state index in [9.17, 15) is 0 Å². The second-order valence-electron chi connectivity index (χ2n) is 5.14. The summed E-state index contributed by atoms with van der Waals surface area (Å²) in [5.41, 5.74) is 3.62. The van der Waals surface area contributed by atoms with Gasteiger partial charge in [0.1, 0.15) is 0 Å². The second kappa shape index (κ2) is 7.75. The number of aromatic nitrogens is 2. The smallest absolute Gasteiger partial charge is 0.0372 e. The monoisotopic (exact) mass is 269 g/mol. The van der Waals surface area contributed by atoms with E-state index in [4.69, 9.17) is 0 Å². The number of hydrogen-bond donors (Lipinski definition) is 1. The summed E-state index contributed by atoms with van der Waals surface area (Å²) in [5.74, 6) is 0. The van der Waals surface area contributed by atoms with E-state index in [2.05, 4.69) is 40.4 Å². The van der Waals surface area contributed by atoms with E-state index in [1.165, 1.54) is 11.1 Å². The van der Waals surface area contributed by atoms with Gasteiger partial charge in [-0.2, -0.15) is 0 Å². The molecule has 0 amide bonds. The van der Waals surface area contributed by atoms with Gasteiger partial charge in [0.25, 0.3) is 0 Å². The number of rotatable bonds is 7. The maximum atomic E-state index is 4.41. The molecule has 0 aliphatic heterocycles. The van der Waals surface area contributed by atoms with Crippen LogP contribution in [0.2, 0.25) is 0 Å². The van der Waals surface area contributed by atoms with Crippen LogP contribution in [0.3, 0.4) is 0 Å². The van der Waals surface area contributed by atoms with Gasteiger partial charge < -0.3 is 5.32 Å². The lowest BCUT2D eigenvalue weighted by atomic mass is 10.0. The fourth-order valence-electron chi connectivity index (χ4n) is 2.25. The molecule has 0 aromatic carbocycles. The molecule has 0 saturated carbocycles. The Morgan fingerprint density at radius 1 is 1.20 bits per heavy atom. The summed E-state index contributed by atoms with van der Waals surface area (Å²) in [6.45, 7) is 5.25. The number of aryl methyl sites for hydroxylation is 2. The van der Waals surface area contributed by atoms with E-state index in [0.717, 1.165) is 31.5 Å². The highest BCUT2D eigenvalue weighted by Gasteiger charge is 2.11. The highest BCUT2D eigenvalue weighted by Crippen LogP contribution is 2.18. The molecule has 2 rings (SSSR count). The fraction of sp³-hybridized carbons (Fsp3) is 0.412. The van der Waals surface area contributed by atoms with Crippen molar-refractivity contribution in [2.24, 2.45) is 0 Å². The minimum atomic E-state index is 0.364. The number of hydrogen-bond acceptors (Lipinski definition) is 3. The number of nitrogens with one attached hydrogen (secondary N) is 1. The molecule has 0 aliphatic carbocycles. The molecule has 0 aliphatic rings. The van der Waals surface area contributed by atoms with Crippen LogP contribution >= 0.6 is 0 Å². The molecular weight excluding hydrogens is 246 g/mol. The summed E-state index contributed by atoms with van der Waals surface area (Å²) in [7, 11) is 0. The van der Waals surface area contributed by atoms with Crippen molar-refractivity contribution in [3.05, 3.63) is 59.7 Å². The van der Waals surface area contributed by atoms with Crippen molar-refractivity contribution in [3.8, 4) is 0 Å². The number of pyridine rings is 2. The van der Waals surface area contributed by atoms with Gasteiger partial charge in [-0.15, -0.1) is 0 Å². The topological polar surface area (TPSA) is 37.8 Å². The van der Waals surface area contributed by atoms with Crippen LogP contribution in [-0.4, -0.2) is 16.5 Å². The quantitative estimate of drug-likeness (QED) is 0.836. The maximum absolute atomic E-state index is 4.41. The average molecular weight is 269 g/mol. The third-order valence-corrected chi connectivity index (χ3v) is 3.42. The Morgan fingerprint density at radius 2 is 2.10 bits per heavy atom. The molecule has 0 fully saturated rings. The van der Waals surface area contributed by atoms with Crippen molar-refractivity contribution >= 4 is 0 Å². The van der Waals surface area contributed by atoms with Crippen LogP contribution in [-0.2, 0) is 6.42 Å². The summed E-state index contributed by atoms with van der Waals surface area (Å²) in [5, 5.41) is 3.62. The van der Waals surface area contributed by atoms with Crippen molar-refractivity contribution < 1.29 is 0 Å². The molecule has 0 bridgehead atoms.